The Bertz CT molecular complexity index is 517. The van der Waals surface area contributed by atoms with Crippen LogP contribution in [0.4, 0.5) is 8.78 Å². The standard InChI is InChI=1S/C13H14F2N2O/c1-8(2)16-6-10-7-17-18-13(10)9-3-11(14)5-12(15)4-9/h3-5,7-8,16H,6H2,1-2H3. The zero-order valence-electron chi connectivity index (χ0n) is 10.2. The molecule has 0 atom stereocenters. The zero-order chi connectivity index (χ0) is 13.1. The normalized spacial score (nSPS) is 11.2. The van der Waals surface area contributed by atoms with Gasteiger partial charge < -0.3 is 9.84 Å². The summed E-state index contributed by atoms with van der Waals surface area (Å²) in [7, 11) is 0. The molecule has 0 amide bonds. The number of benzene rings is 1. The topological polar surface area (TPSA) is 38.1 Å². The Morgan fingerprint density at radius 3 is 2.50 bits per heavy atom. The van der Waals surface area contributed by atoms with Crippen LogP contribution >= 0.6 is 0 Å². The first-order valence-corrected chi connectivity index (χ1v) is 5.69. The molecule has 0 saturated carbocycles. The van der Waals surface area contributed by atoms with Crippen LogP contribution in [0.2, 0.25) is 0 Å². The molecule has 2 aromatic rings. The Balaban J connectivity index is 2.30. The van der Waals surface area contributed by atoms with Crippen LogP contribution in [-0.4, -0.2) is 11.2 Å². The van der Waals surface area contributed by atoms with Gasteiger partial charge in [0.25, 0.3) is 0 Å². The predicted octanol–water partition coefficient (Wildman–Crippen LogP) is 3.12. The average molecular weight is 252 g/mol. The van der Waals surface area contributed by atoms with Crippen molar-refractivity contribution in [2.45, 2.75) is 26.4 Å². The van der Waals surface area contributed by atoms with Crippen LogP contribution in [0, 0.1) is 11.6 Å². The Kier molecular flexibility index (Phi) is 3.72. The van der Waals surface area contributed by atoms with E-state index in [1.165, 1.54) is 12.1 Å². The van der Waals surface area contributed by atoms with E-state index in [1.807, 2.05) is 13.8 Å². The molecular formula is C13H14F2N2O. The van der Waals surface area contributed by atoms with E-state index in [2.05, 4.69) is 10.5 Å². The summed E-state index contributed by atoms with van der Waals surface area (Å²) in [4.78, 5) is 0. The second kappa shape index (κ2) is 5.27. The van der Waals surface area contributed by atoms with Crippen LogP contribution in [0.3, 0.4) is 0 Å². The maximum Gasteiger partial charge on any atom is 0.171 e. The van der Waals surface area contributed by atoms with Crippen LogP contribution in [-0.2, 0) is 6.54 Å². The molecule has 18 heavy (non-hydrogen) atoms. The minimum absolute atomic E-state index is 0.303. The van der Waals surface area contributed by atoms with Crippen molar-refractivity contribution < 1.29 is 13.3 Å². The predicted molar refractivity (Wildman–Crippen MR) is 63.8 cm³/mol. The molecule has 0 bridgehead atoms. The van der Waals surface area contributed by atoms with Crippen LogP contribution < -0.4 is 5.32 Å². The summed E-state index contributed by atoms with van der Waals surface area (Å²) >= 11 is 0. The Labute approximate surface area is 104 Å². The van der Waals surface area contributed by atoms with Gasteiger partial charge in [0.15, 0.2) is 5.76 Å². The molecule has 1 N–H and O–H groups in total. The third-order valence-corrected chi connectivity index (χ3v) is 2.47. The van der Waals surface area contributed by atoms with Gasteiger partial charge in [0, 0.05) is 29.8 Å². The molecule has 1 aromatic heterocycles. The molecule has 0 unspecified atom stereocenters. The first-order valence-electron chi connectivity index (χ1n) is 5.69. The molecule has 3 nitrogen and oxygen atoms in total. The van der Waals surface area contributed by atoms with Gasteiger partial charge in [-0.05, 0) is 12.1 Å². The van der Waals surface area contributed by atoms with E-state index in [0.717, 1.165) is 11.6 Å². The highest BCUT2D eigenvalue weighted by molar-refractivity contribution is 5.60. The summed E-state index contributed by atoms with van der Waals surface area (Å²) in [5.74, 6) is -0.880. The fourth-order valence-corrected chi connectivity index (χ4v) is 1.62. The van der Waals surface area contributed by atoms with Crippen molar-refractivity contribution in [3.8, 4) is 11.3 Å². The lowest BCUT2D eigenvalue weighted by atomic mass is 10.1. The third-order valence-electron chi connectivity index (χ3n) is 2.47. The summed E-state index contributed by atoms with van der Waals surface area (Å²) in [6.07, 6.45) is 1.55. The first kappa shape index (κ1) is 12.7. The first-order chi connectivity index (χ1) is 8.56. The minimum atomic E-state index is -0.635. The van der Waals surface area contributed by atoms with Crippen molar-refractivity contribution in [3.05, 3.63) is 41.6 Å². The van der Waals surface area contributed by atoms with Crippen molar-refractivity contribution in [1.29, 1.82) is 0 Å². The highest BCUT2D eigenvalue weighted by Crippen LogP contribution is 2.25. The Hall–Kier alpha value is -1.75. The fraction of sp³-hybridized carbons (Fsp3) is 0.308. The minimum Gasteiger partial charge on any atom is -0.356 e. The number of nitrogens with one attached hydrogen (secondary N) is 1. The Morgan fingerprint density at radius 2 is 1.89 bits per heavy atom. The van der Waals surface area contributed by atoms with Gasteiger partial charge in [-0.3, -0.25) is 0 Å². The van der Waals surface area contributed by atoms with Crippen molar-refractivity contribution >= 4 is 0 Å². The van der Waals surface area contributed by atoms with Crippen LogP contribution in [0.25, 0.3) is 11.3 Å². The van der Waals surface area contributed by atoms with Gasteiger partial charge in [-0.1, -0.05) is 19.0 Å². The fourth-order valence-electron chi connectivity index (χ4n) is 1.62. The number of hydrogen-bond donors (Lipinski definition) is 1. The number of rotatable bonds is 4. The molecule has 1 heterocycles. The van der Waals surface area contributed by atoms with E-state index in [-0.39, 0.29) is 0 Å². The highest BCUT2D eigenvalue weighted by atomic mass is 19.1. The maximum atomic E-state index is 13.1. The van der Waals surface area contributed by atoms with Gasteiger partial charge in [0.2, 0.25) is 0 Å². The third kappa shape index (κ3) is 2.92. The monoisotopic (exact) mass is 252 g/mol. The number of aromatic nitrogens is 1. The lowest BCUT2D eigenvalue weighted by molar-refractivity contribution is 0.430. The summed E-state index contributed by atoms with van der Waals surface area (Å²) in [5.41, 5.74) is 1.12. The Morgan fingerprint density at radius 1 is 1.22 bits per heavy atom. The molecule has 96 valence electrons. The molecule has 1 aromatic carbocycles. The van der Waals surface area contributed by atoms with E-state index in [1.54, 1.807) is 6.20 Å². The summed E-state index contributed by atoms with van der Waals surface area (Å²) < 4.78 is 31.4. The molecule has 2 rings (SSSR count). The molecule has 0 fully saturated rings. The van der Waals surface area contributed by atoms with E-state index in [4.69, 9.17) is 4.52 Å². The van der Waals surface area contributed by atoms with E-state index < -0.39 is 11.6 Å². The quantitative estimate of drug-likeness (QED) is 0.908. The molecular weight excluding hydrogens is 238 g/mol. The van der Waals surface area contributed by atoms with Gasteiger partial charge in [0.05, 0.1) is 6.20 Å². The maximum absolute atomic E-state index is 13.1. The van der Waals surface area contributed by atoms with Crippen LogP contribution in [0.1, 0.15) is 19.4 Å². The molecule has 0 spiro atoms. The van der Waals surface area contributed by atoms with Gasteiger partial charge in [-0.2, -0.15) is 0 Å². The van der Waals surface area contributed by atoms with Crippen molar-refractivity contribution in [2.24, 2.45) is 0 Å². The number of hydrogen-bond acceptors (Lipinski definition) is 3. The van der Waals surface area contributed by atoms with E-state index >= 15 is 0 Å². The largest absolute Gasteiger partial charge is 0.356 e. The number of halogens is 2. The molecule has 0 aliphatic rings. The van der Waals surface area contributed by atoms with Gasteiger partial charge in [-0.15, -0.1) is 0 Å². The van der Waals surface area contributed by atoms with Gasteiger partial charge >= 0.3 is 0 Å². The molecule has 0 saturated heterocycles. The lowest BCUT2D eigenvalue weighted by Crippen LogP contribution is -2.21. The molecule has 0 radical (unpaired) electrons. The lowest BCUT2D eigenvalue weighted by Gasteiger charge is -2.07. The summed E-state index contributed by atoms with van der Waals surface area (Å²) in [5, 5.41) is 6.88. The SMILES string of the molecule is CC(C)NCc1cnoc1-c1cc(F)cc(F)c1. The molecule has 0 aliphatic carbocycles. The number of nitrogens with zero attached hydrogens (tertiary/aromatic N) is 1. The van der Waals surface area contributed by atoms with Gasteiger partial charge in [0.1, 0.15) is 11.6 Å². The second-order valence-electron chi connectivity index (χ2n) is 4.37. The van der Waals surface area contributed by atoms with Crippen molar-refractivity contribution in [3.63, 3.8) is 0 Å². The highest BCUT2D eigenvalue weighted by Gasteiger charge is 2.13. The van der Waals surface area contributed by atoms with E-state index in [9.17, 15) is 8.78 Å². The van der Waals surface area contributed by atoms with Crippen LogP contribution in [0.15, 0.2) is 28.9 Å². The smallest absolute Gasteiger partial charge is 0.171 e. The zero-order valence-corrected chi connectivity index (χ0v) is 10.2. The van der Waals surface area contributed by atoms with Gasteiger partial charge in [-0.25, -0.2) is 8.78 Å². The second-order valence-corrected chi connectivity index (χ2v) is 4.37. The molecule has 0 aliphatic heterocycles. The summed E-state index contributed by atoms with van der Waals surface area (Å²) in [6, 6.07) is 3.58. The molecule has 5 heteroatoms. The summed E-state index contributed by atoms with van der Waals surface area (Å²) in [6.45, 7) is 4.55. The van der Waals surface area contributed by atoms with E-state index in [0.29, 0.717) is 23.9 Å². The van der Waals surface area contributed by atoms with Crippen LogP contribution in [0.5, 0.6) is 0 Å². The average Bonchev–Trinajstić information content (AvgIpc) is 2.72. The van der Waals surface area contributed by atoms with Crippen molar-refractivity contribution in [1.82, 2.24) is 10.5 Å². The van der Waals surface area contributed by atoms with Crippen molar-refractivity contribution in [2.75, 3.05) is 0 Å².